The Morgan fingerprint density at radius 1 is 1.59 bits per heavy atom. The van der Waals surface area contributed by atoms with Gasteiger partial charge in [-0.2, -0.15) is 4.67 Å². The summed E-state index contributed by atoms with van der Waals surface area (Å²) in [6.07, 6.45) is 1.48. The van der Waals surface area contributed by atoms with Gasteiger partial charge < -0.3 is 9.26 Å². The molecule has 0 aromatic heterocycles. The van der Waals surface area contributed by atoms with Crippen LogP contribution >= 0.6 is 8.30 Å². The minimum absolute atomic E-state index is 0.404. The average Bonchev–Trinajstić information content (AvgIpc) is 2.13. The molecular weight excluding hydrogens is 241 g/mol. The minimum Gasteiger partial charge on any atom is -0.456 e. The largest absolute Gasteiger partial charge is 0.456 e. The normalized spacial score (nSPS) is 22.3. The lowest BCUT2D eigenvalue weighted by Gasteiger charge is -2.28. The summed E-state index contributed by atoms with van der Waals surface area (Å²) >= 11 is 0. The van der Waals surface area contributed by atoms with E-state index in [0.29, 0.717) is 12.0 Å². The van der Waals surface area contributed by atoms with E-state index in [0.717, 1.165) is 0 Å². The fourth-order valence-corrected chi connectivity index (χ4v) is 2.93. The van der Waals surface area contributed by atoms with Crippen LogP contribution in [0.5, 0.6) is 0 Å². The highest BCUT2D eigenvalue weighted by atomic mass is 31.2. The molecule has 1 N–H and O–H groups in total. The third-order valence-electron chi connectivity index (χ3n) is 1.93. The Kier molecular flexibility index (Phi) is 4.36. The molecule has 7 heteroatoms. The second-order valence-corrected chi connectivity index (χ2v) is 6.82. The van der Waals surface area contributed by atoms with E-state index in [1.807, 2.05) is 32.5 Å². The van der Waals surface area contributed by atoms with Crippen molar-refractivity contribution in [1.82, 2.24) is 4.67 Å². The fraction of sp³-hybridized carbons (Fsp3) is 0.700. The Balaban J connectivity index is 2.92. The van der Waals surface area contributed by atoms with Gasteiger partial charge in [-0.1, -0.05) is 10.2 Å². The summed E-state index contributed by atoms with van der Waals surface area (Å²) in [7, 11) is 2.21. The first kappa shape index (κ1) is 14.2. The maximum absolute atomic E-state index is 12.0. The van der Waals surface area contributed by atoms with E-state index in [9.17, 15) is 4.79 Å². The van der Waals surface area contributed by atoms with E-state index in [2.05, 4.69) is 0 Å². The summed E-state index contributed by atoms with van der Waals surface area (Å²) in [5, 5.41) is 0.404. The van der Waals surface area contributed by atoms with Crippen LogP contribution in [-0.4, -0.2) is 41.8 Å². The molecule has 6 nitrogen and oxygen atoms in total. The van der Waals surface area contributed by atoms with E-state index >= 15 is 0 Å². The fourth-order valence-electron chi connectivity index (χ4n) is 1.40. The number of hydrogen-bond donors (Lipinski definition) is 1. The molecule has 0 bridgehead atoms. The van der Waals surface area contributed by atoms with Crippen molar-refractivity contribution in [2.24, 2.45) is 0 Å². The zero-order chi connectivity index (χ0) is 13.2. The molecule has 0 saturated heterocycles. The molecule has 17 heavy (non-hydrogen) atoms. The van der Waals surface area contributed by atoms with Gasteiger partial charge in [0.15, 0.2) is 13.6 Å². The van der Waals surface area contributed by atoms with Crippen molar-refractivity contribution < 1.29 is 18.8 Å². The van der Waals surface area contributed by atoms with E-state index in [4.69, 9.17) is 14.8 Å². The number of rotatable bonds is 2. The van der Waals surface area contributed by atoms with Crippen molar-refractivity contribution in [3.8, 4) is 0 Å². The molecule has 0 amide bonds. The molecule has 0 radical (unpaired) electrons. The Morgan fingerprint density at radius 2 is 2.18 bits per heavy atom. The number of esters is 1. The summed E-state index contributed by atoms with van der Waals surface area (Å²) in [6.45, 7) is 5.84. The molecule has 0 fully saturated rings. The van der Waals surface area contributed by atoms with Gasteiger partial charge in [0, 0.05) is 7.11 Å². The summed E-state index contributed by atoms with van der Waals surface area (Å²) in [5.41, 5.74) is 7.04. The van der Waals surface area contributed by atoms with Gasteiger partial charge >= 0.3 is 5.97 Å². The SMILES string of the molecule is COP1C(C(=O)OC(C)(C)C)=C[N+](=N)CN1C. The molecule has 1 heterocycles. The van der Waals surface area contributed by atoms with Crippen molar-refractivity contribution in [3.63, 3.8) is 0 Å². The van der Waals surface area contributed by atoms with Crippen molar-refractivity contribution in [1.29, 1.82) is 5.53 Å². The van der Waals surface area contributed by atoms with Crippen LogP contribution in [-0.2, 0) is 14.1 Å². The highest BCUT2D eigenvalue weighted by Gasteiger charge is 2.37. The van der Waals surface area contributed by atoms with Crippen molar-refractivity contribution >= 4 is 14.3 Å². The smallest absolute Gasteiger partial charge is 0.349 e. The van der Waals surface area contributed by atoms with Gasteiger partial charge in [0.25, 0.3) is 0 Å². The number of hydrogen-bond acceptors (Lipinski definition) is 5. The molecule has 1 unspecified atom stereocenters. The number of nitrogens with one attached hydrogen (secondary N) is 1. The van der Waals surface area contributed by atoms with Crippen LogP contribution in [0.4, 0.5) is 0 Å². The van der Waals surface area contributed by atoms with Crippen LogP contribution in [0.1, 0.15) is 20.8 Å². The predicted octanol–water partition coefficient (Wildman–Crippen LogP) is 2.07. The summed E-state index contributed by atoms with van der Waals surface area (Å²) in [5.74, 6) is -0.422. The standard InChI is InChI=1S/C10H19N3O3P/c1-10(2,3)16-9(14)8-6-13(11)7-12(4)17(8)15-5/h6,11H,7H2,1-5H3/q+1. The zero-order valence-corrected chi connectivity index (χ0v) is 11.7. The summed E-state index contributed by atoms with van der Waals surface area (Å²) in [6, 6.07) is 0. The third kappa shape index (κ3) is 3.84. The third-order valence-corrected chi connectivity index (χ3v) is 3.74. The second kappa shape index (κ2) is 5.21. The van der Waals surface area contributed by atoms with Crippen molar-refractivity contribution in [2.75, 3.05) is 20.8 Å². The van der Waals surface area contributed by atoms with Crippen molar-refractivity contribution in [2.45, 2.75) is 26.4 Å². The summed E-state index contributed by atoms with van der Waals surface area (Å²) < 4.78 is 13.6. The molecule has 0 spiro atoms. The minimum atomic E-state index is -1.15. The van der Waals surface area contributed by atoms with E-state index in [-0.39, 0.29) is 0 Å². The van der Waals surface area contributed by atoms with Crippen LogP contribution in [0.25, 0.3) is 0 Å². The molecule has 0 aromatic carbocycles. The van der Waals surface area contributed by atoms with Gasteiger partial charge in [-0.25, -0.2) is 4.79 Å². The maximum Gasteiger partial charge on any atom is 0.349 e. The lowest BCUT2D eigenvalue weighted by atomic mass is 10.2. The zero-order valence-electron chi connectivity index (χ0n) is 10.9. The Bertz CT molecular complexity index is 362. The molecule has 0 aliphatic carbocycles. The van der Waals surface area contributed by atoms with Crippen molar-refractivity contribution in [3.05, 3.63) is 11.5 Å². The molecular formula is C10H19N3O3P+. The summed E-state index contributed by atoms with van der Waals surface area (Å²) in [4.78, 5) is 12.0. The van der Waals surface area contributed by atoms with Gasteiger partial charge in [0.2, 0.25) is 12.9 Å². The number of ether oxygens (including phenoxy) is 1. The van der Waals surface area contributed by atoms with Gasteiger partial charge in [-0.05, 0) is 27.8 Å². The molecule has 1 atom stereocenters. The highest BCUT2D eigenvalue weighted by Crippen LogP contribution is 2.50. The molecule has 1 aliphatic rings. The van der Waals surface area contributed by atoms with E-state index in [1.165, 1.54) is 10.9 Å². The van der Waals surface area contributed by atoms with E-state index < -0.39 is 19.9 Å². The molecule has 1 rings (SSSR count). The van der Waals surface area contributed by atoms with Crippen LogP contribution in [0.15, 0.2) is 11.5 Å². The second-order valence-electron chi connectivity index (χ2n) is 4.74. The monoisotopic (exact) mass is 260 g/mol. The maximum atomic E-state index is 12.0. The molecule has 0 aromatic rings. The number of carbonyl (C=O) groups excluding carboxylic acids is 1. The molecule has 0 saturated carbocycles. The molecule has 96 valence electrons. The highest BCUT2D eigenvalue weighted by molar-refractivity contribution is 7.56. The first-order valence-corrected chi connectivity index (χ1v) is 6.44. The Hall–Kier alpha value is -0.840. The lowest BCUT2D eigenvalue weighted by Crippen LogP contribution is -2.31. The van der Waals surface area contributed by atoms with Crippen LogP contribution in [0.3, 0.4) is 0 Å². The van der Waals surface area contributed by atoms with Gasteiger partial charge in [-0.15, -0.1) is 0 Å². The quantitative estimate of drug-likeness (QED) is 0.469. The first-order chi connectivity index (χ1) is 7.74. The molecule has 1 aliphatic heterocycles. The Morgan fingerprint density at radius 3 is 2.65 bits per heavy atom. The Labute approximate surface area is 103 Å². The topological polar surface area (TPSA) is 65.6 Å². The first-order valence-electron chi connectivity index (χ1n) is 5.23. The number of nitrogens with zero attached hydrogens (tertiary/aromatic N) is 2. The predicted molar refractivity (Wildman–Crippen MR) is 63.5 cm³/mol. The van der Waals surface area contributed by atoms with Gasteiger partial charge in [0.05, 0.1) is 0 Å². The van der Waals surface area contributed by atoms with Gasteiger partial charge in [-0.3, -0.25) is 0 Å². The van der Waals surface area contributed by atoms with Crippen LogP contribution in [0.2, 0.25) is 0 Å². The lowest BCUT2D eigenvalue weighted by molar-refractivity contribution is -0.567. The van der Waals surface area contributed by atoms with Crippen LogP contribution < -0.4 is 0 Å². The number of carbonyl (C=O) groups is 1. The average molecular weight is 260 g/mol. The van der Waals surface area contributed by atoms with Gasteiger partial charge in [0.1, 0.15) is 5.60 Å². The van der Waals surface area contributed by atoms with Crippen LogP contribution in [0, 0.1) is 5.53 Å². The van der Waals surface area contributed by atoms with E-state index in [1.54, 1.807) is 7.11 Å².